The number of nitrogens with zero attached hydrogens (tertiary/aromatic N) is 3. The third-order valence-corrected chi connectivity index (χ3v) is 9.15. The molecule has 1 aromatic rings. The van der Waals surface area contributed by atoms with Gasteiger partial charge in [0.2, 0.25) is 5.91 Å². The lowest BCUT2D eigenvalue weighted by Crippen LogP contribution is -2.71. The Morgan fingerprint density at radius 2 is 1.61 bits per heavy atom. The molecular weight excluding hydrogens is 732 g/mol. The molecule has 3 saturated heterocycles. The molecular formula is C31H46N4O19. The molecule has 3 aliphatic heterocycles. The molecule has 16 atom stereocenters. The smallest absolute Gasteiger partial charge is 0.364 e. The molecule has 1 amide bonds. The standard InChI is InChI=1S/C31H46N4O19/c32-35-33-6-7-49-28-23(45)22(44)25(17(12-38)51-28)52-29-24(46)27(21(43)16(11-37)50-29)54-31(30(47)48)9-14(39)19(26(53-31)20(42)15(40)10-36)34-18(41)8-13-4-2-1-3-5-13/h1-5,14-17,19-29,36-40,42-46H,6-12H2,(H,34,41)(H,47,48)/t14-,15-,16?,17?,19-,20-,21+,22?,23?,24+,25-,26?,27?,28-,29+,31+/m1/s1. The molecule has 23 heteroatoms. The van der Waals surface area contributed by atoms with E-state index >= 15 is 0 Å². The van der Waals surface area contributed by atoms with E-state index in [2.05, 4.69) is 15.3 Å². The molecule has 54 heavy (non-hydrogen) atoms. The van der Waals surface area contributed by atoms with Gasteiger partial charge in [0, 0.05) is 17.9 Å². The first-order valence-corrected chi connectivity index (χ1v) is 16.8. The maximum Gasteiger partial charge on any atom is 0.364 e. The second-order valence-corrected chi connectivity index (χ2v) is 12.8. The minimum Gasteiger partial charge on any atom is -0.477 e. The predicted molar refractivity (Wildman–Crippen MR) is 172 cm³/mol. The number of azide groups is 1. The van der Waals surface area contributed by atoms with Crippen LogP contribution in [-0.4, -0.2) is 199 Å². The summed E-state index contributed by atoms with van der Waals surface area (Å²) in [5, 5.41) is 122. The average molecular weight is 779 g/mol. The van der Waals surface area contributed by atoms with Gasteiger partial charge in [0.05, 0.1) is 45.0 Å². The Bertz CT molecular complexity index is 1410. The number of hydrogen-bond donors (Lipinski definition) is 12. The van der Waals surface area contributed by atoms with Crippen LogP contribution in [0.2, 0.25) is 0 Å². The van der Waals surface area contributed by atoms with Crippen molar-refractivity contribution < 1.29 is 94.2 Å². The van der Waals surface area contributed by atoms with Crippen LogP contribution in [0.25, 0.3) is 10.4 Å². The van der Waals surface area contributed by atoms with Crippen LogP contribution in [0.15, 0.2) is 35.4 Å². The van der Waals surface area contributed by atoms with E-state index in [-0.39, 0.29) is 19.6 Å². The number of carboxylic acid groups (broad SMARTS) is 1. The minimum atomic E-state index is -3.08. The Kier molecular flexibility index (Phi) is 15.8. The molecule has 3 fully saturated rings. The van der Waals surface area contributed by atoms with Crippen LogP contribution in [0, 0.1) is 0 Å². The molecule has 0 radical (unpaired) electrons. The molecule has 23 nitrogen and oxygen atoms in total. The van der Waals surface area contributed by atoms with Gasteiger partial charge in [-0.25, -0.2) is 4.79 Å². The fourth-order valence-corrected chi connectivity index (χ4v) is 6.32. The summed E-state index contributed by atoms with van der Waals surface area (Å²) in [5.74, 6) is -5.77. The minimum absolute atomic E-state index is 0.166. The Labute approximate surface area is 306 Å². The zero-order chi connectivity index (χ0) is 39.7. The fourth-order valence-electron chi connectivity index (χ4n) is 6.32. The molecule has 12 N–H and O–H groups in total. The Morgan fingerprint density at radius 3 is 2.22 bits per heavy atom. The highest BCUT2D eigenvalue weighted by molar-refractivity contribution is 5.79. The van der Waals surface area contributed by atoms with E-state index in [4.69, 9.17) is 34.0 Å². The summed E-state index contributed by atoms with van der Waals surface area (Å²) in [7, 11) is 0. The van der Waals surface area contributed by atoms with Crippen LogP contribution < -0.4 is 5.32 Å². The van der Waals surface area contributed by atoms with Crippen molar-refractivity contribution in [2.45, 2.75) is 110 Å². The van der Waals surface area contributed by atoms with Gasteiger partial charge in [0.15, 0.2) is 12.6 Å². The van der Waals surface area contributed by atoms with Gasteiger partial charge in [-0.05, 0) is 11.1 Å². The van der Waals surface area contributed by atoms with E-state index in [1.165, 1.54) is 0 Å². The van der Waals surface area contributed by atoms with Gasteiger partial charge in [-0.1, -0.05) is 35.4 Å². The molecule has 0 aliphatic carbocycles. The monoisotopic (exact) mass is 778 g/mol. The molecule has 0 saturated carbocycles. The van der Waals surface area contributed by atoms with Crippen molar-refractivity contribution in [1.82, 2.24) is 5.32 Å². The number of ether oxygens (including phenoxy) is 6. The number of carboxylic acids is 1. The third-order valence-electron chi connectivity index (χ3n) is 9.15. The van der Waals surface area contributed by atoms with Gasteiger partial charge in [-0.3, -0.25) is 4.79 Å². The molecule has 4 rings (SSSR count). The predicted octanol–water partition coefficient (Wildman–Crippen LogP) is -5.67. The number of amides is 1. The first-order valence-electron chi connectivity index (χ1n) is 16.8. The van der Waals surface area contributed by atoms with E-state index in [0.29, 0.717) is 5.56 Å². The highest BCUT2D eigenvalue weighted by Gasteiger charge is 2.60. The average Bonchev–Trinajstić information content (AvgIpc) is 3.15. The number of hydrogen-bond acceptors (Lipinski definition) is 19. The lowest BCUT2D eigenvalue weighted by molar-refractivity contribution is -0.386. The van der Waals surface area contributed by atoms with Gasteiger partial charge < -0.3 is 89.9 Å². The van der Waals surface area contributed by atoms with E-state index in [9.17, 15) is 65.8 Å². The summed E-state index contributed by atoms with van der Waals surface area (Å²) in [6.07, 6.45) is -28.0. The quantitative estimate of drug-likeness (QED) is 0.0303. The number of nitrogens with one attached hydrogen (secondary N) is 1. The largest absolute Gasteiger partial charge is 0.477 e. The maximum atomic E-state index is 13.0. The number of aliphatic hydroxyl groups excluding tert-OH is 10. The SMILES string of the molecule is [N-]=[N+]=NCCO[C@@H]1OC(CO)[C@@H](O[C@@H]2OC(CO)[C@H](O)C(O[C@]3(C(=O)O)C[C@@H](O)[C@@H](NC(=O)Cc4ccccc4)C([C@H](O)[C@H](O)CO)O3)[C@@H]2O)C(O)C1O. The number of aliphatic carboxylic acids is 1. The molecule has 0 spiro atoms. The topological polar surface area (TPSA) is 373 Å². The molecule has 3 aliphatic rings. The lowest BCUT2D eigenvalue weighted by Gasteiger charge is -2.50. The summed E-state index contributed by atoms with van der Waals surface area (Å²) in [6.45, 7) is -3.34. The second kappa shape index (κ2) is 19.6. The van der Waals surface area contributed by atoms with Gasteiger partial charge in [0.25, 0.3) is 5.79 Å². The highest BCUT2D eigenvalue weighted by atomic mass is 16.8. The van der Waals surface area contributed by atoms with Crippen LogP contribution in [-0.2, 0) is 44.4 Å². The van der Waals surface area contributed by atoms with E-state index < -0.39 is 136 Å². The summed E-state index contributed by atoms with van der Waals surface area (Å²) in [5.41, 5.74) is 8.97. The van der Waals surface area contributed by atoms with Crippen molar-refractivity contribution in [3.8, 4) is 0 Å². The first kappa shape index (κ1) is 43.6. The lowest BCUT2D eigenvalue weighted by atomic mass is 9.88. The van der Waals surface area contributed by atoms with E-state index in [1.807, 2.05) is 0 Å². The number of carbonyl (C=O) groups excluding carboxylic acids is 1. The molecule has 3 heterocycles. The molecule has 304 valence electrons. The Balaban J connectivity index is 1.58. The van der Waals surface area contributed by atoms with Crippen molar-refractivity contribution >= 4 is 11.9 Å². The van der Waals surface area contributed by atoms with E-state index in [0.717, 1.165) is 0 Å². The normalized spacial score (nSPS) is 38.1. The van der Waals surface area contributed by atoms with Crippen molar-refractivity contribution in [2.75, 3.05) is 33.0 Å². The zero-order valence-electron chi connectivity index (χ0n) is 28.5. The van der Waals surface area contributed by atoms with Crippen LogP contribution in [0.5, 0.6) is 0 Å². The number of aliphatic hydroxyl groups is 10. The van der Waals surface area contributed by atoms with Gasteiger partial charge in [-0.2, -0.15) is 0 Å². The highest BCUT2D eigenvalue weighted by Crippen LogP contribution is 2.38. The second-order valence-electron chi connectivity index (χ2n) is 12.8. The summed E-state index contributed by atoms with van der Waals surface area (Å²) < 4.78 is 33.2. The summed E-state index contributed by atoms with van der Waals surface area (Å²) in [4.78, 5) is 28.4. The Hall–Kier alpha value is -3.17. The molecule has 1 aromatic carbocycles. The summed E-state index contributed by atoms with van der Waals surface area (Å²) in [6, 6.07) is 6.71. The van der Waals surface area contributed by atoms with Crippen molar-refractivity contribution in [2.24, 2.45) is 5.11 Å². The van der Waals surface area contributed by atoms with E-state index in [1.54, 1.807) is 30.3 Å². The van der Waals surface area contributed by atoms with Crippen LogP contribution in [0.3, 0.4) is 0 Å². The number of rotatable bonds is 17. The number of benzene rings is 1. The zero-order valence-corrected chi connectivity index (χ0v) is 28.5. The Morgan fingerprint density at radius 1 is 0.944 bits per heavy atom. The third kappa shape index (κ3) is 9.97. The first-order chi connectivity index (χ1) is 25.7. The molecule has 6 unspecified atom stereocenters. The number of carbonyl (C=O) groups is 2. The summed E-state index contributed by atoms with van der Waals surface area (Å²) >= 11 is 0. The fraction of sp³-hybridized carbons (Fsp3) is 0.742. The van der Waals surface area contributed by atoms with Crippen molar-refractivity contribution in [3.05, 3.63) is 46.3 Å². The van der Waals surface area contributed by atoms with Crippen LogP contribution >= 0.6 is 0 Å². The molecule has 0 aromatic heterocycles. The molecule has 0 bridgehead atoms. The maximum absolute atomic E-state index is 13.0. The van der Waals surface area contributed by atoms with Crippen molar-refractivity contribution in [1.29, 1.82) is 0 Å². The van der Waals surface area contributed by atoms with Gasteiger partial charge in [-0.15, -0.1) is 0 Å². The van der Waals surface area contributed by atoms with Gasteiger partial charge >= 0.3 is 5.97 Å². The van der Waals surface area contributed by atoms with Crippen LogP contribution in [0.4, 0.5) is 0 Å². The van der Waals surface area contributed by atoms with Crippen LogP contribution in [0.1, 0.15) is 12.0 Å². The van der Waals surface area contributed by atoms with Crippen molar-refractivity contribution in [3.63, 3.8) is 0 Å². The van der Waals surface area contributed by atoms with Gasteiger partial charge in [0.1, 0.15) is 67.1 Å².